The molecule has 0 unspecified atom stereocenters. The van der Waals surface area contributed by atoms with E-state index in [0.717, 1.165) is 60.3 Å². The molecule has 3 N–H and O–H groups in total. The number of hydrogen-bond acceptors (Lipinski definition) is 6. The maximum absolute atomic E-state index is 9.11. The number of aromatic nitrogens is 3. The second-order valence-corrected chi connectivity index (χ2v) is 6.93. The van der Waals surface area contributed by atoms with Crippen molar-refractivity contribution in [2.75, 3.05) is 31.1 Å². The molecule has 0 amide bonds. The highest BCUT2D eigenvalue weighted by Crippen LogP contribution is 2.31. The van der Waals surface area contributed by atoms with Gasteiger partial charge in [0.05, 0.1) is 11.1 Å². The van der Waals surface area contributed by atoms with Gasteiger partial charge in [0.25, 0.3) is 0 Å². The third kappa shape index (κ3) is 3.68. The van der Waals surface area contributed by atoms with Crippen LogP contribution in [0.15, 0.2) is 42.7 Å². The summed E-state index contributed by atoms with van der Waals surface area (Å²) < 4.78 is 0. The van der Waals surface area contributed by atoms with Crippen molar-refractivity contribution < 1.29 is 5.11 Å². The predicted octanol–water partition coefficient (Wildman–Crippen LogP) is 2.21. The summed E-state index contributed by atoms with van der Waals surface area (Å²) >= 11 is 0. The zero-order valence-electron chi connectivity index (χ0n) is 15.7. The Morgan fingerprint density at radius 2 is 1.89 bits per heavy atom. The summed E-state index contributed by atoms with van der Waals surface area (Å²) in [6, 6.07) is 9.76. The normalized spacial score (nSPS) is 14.7. The number of anilines is 1. The zero-order valence-corrected chi connectivity index (χ0v) is 15.7. The van der Waals surface area contributed by atoms with Gasteiger partial charge in [-0.3, -0.25) is 4.98 Å². The lowest BCUT2D eigenvalue weighted by atomic mass is 9.97. The van der Waals surface area contributed by atoms with E-state index in [4.69, 9.17) is 20.8 Å². The van der Waals surface area contributed by atoms with E-state index in [-0.39, 0.29) is 6.61 Å². The fraction of sp³-hybridized carbons (Fsp3) is 0.318. The average molecular weight is 373 g/mol. The average Bonchev–Trinajstić information content (AvgIpc) is 2.77. The number of hydrogen-bond donors (Lipinski definition) is 2. The monoisotopic (exact) mass is 373 g/mol. The van der Waals surface area contributed by atoms with E-state index in [1.165, 1.54) is 0 Å². The molecule has 142 valence electrons. The van der Waals surface area contributed by atoms with Crippen LogP contribution in [0.3, 0.4) is 0 Å². The summed E-state index contributed by atoms with van der Waals surface area (Å²) in [6.45, 7) is 2.41. The van der Waals surface area contributed by atoms with Crippen LogP contribution in [-0.2, 0) is 0 Å². The number of piperidine rings is 1. The van der Waals surface area contributed by atoms with E-state index in [0.29, 0.717) is 11.7 Å². The highest BCUT2D eigenvalue weighted by atomic mass is 16.2. The van der Waals surface area contributed by atoms with Crippen molar-refractivity contribution in [2.24, 2.45) is 11.7 Å². The Morgan fingerprint density at radius 1 is 1.11 bits per heavy atom. The van der Waals surface area contributed by atoms with Crippen LogP contribution < -0.4 is 10.6 Å². The molecular formula is C22H23N5O. The summed E-state index contributed by atoms with van der Waals surface area (Å²) in [4.78, 5) is 16.2. The molecule has 3 heterocycles. The van der Waals surface area contributed by atoms with Crippen LogP contribution in [0.5, 0.6) is 0 Å². The summed E-state index contributed by atoms with van der Waals surface area (Å²) in [6.07, 6.45) is 5.62. The van der Waals surface area contributed by atoms with Crippen molar-refractivity contribution in [3.8, 4) is 23.2 Å². The SMILES string of the molecule is NCC1CCN(c2nc(-c3ccncc3)nc3c(C#CCO)cccc23)CC1. The number of aliphatic hydroxyl groups excluding tert-OH is 1. The molecular weight excluding hydrogens is 350 g/mol. The van der Waals surface area contributed by atoms with Gasteiger partial charge in [-0.1, -0.05) is 17.9 Å². The molecule has 0 aliphatic carbocycles. The number of rotatable bonds is 3. The highest BCUT2D eigenvalue weighted by molar-refractivity contribution is 5.94. The van der Waals surface area contributed by atoms with Crippen LogP contribution in [0.25, 0.3) is 22.3 Å². The van der Waals surface area contributed by atoms with E-state index in [9.17, 15) is 0 Å². The minimum absolute atomic E-state index is 0.182. The van der Waals surface area contributed by atoms with Gasteiger partial charge in [0.2, 0.25) is 0 Å². The van der Waals surface area contributed by atoms with Gasteiger partial charge in [0, 0.05) is 36.4 Å². The quantitative estimate of drug-likeness (QED) is 0.685. The molecule has 2 aromatic heterocycles. The number of aliphatic hydroxyl groups is 1. The first-order chi connectivity index (χ1) is 13.8. The minimum Gasteiger partial charge on any atom is -0.384 e. The number of nitrogens with zero attached hydrogens (tertiary/aromatic N) is 4. The molecule has 28 heavy (non-hydrogen) atoms. The lowest BCUT2D eigenvalue weighted by Crippen LogP contribution is -2.36. The Kier molecular flexibility index (Phi) is 5.47. The zero-order chi connectivity index (χ0) is 19.3. The van der Waals surface area contributed by atoms with E-state index in [2.05, 4.69) is 21.7 Å². The Hall–Kier alpha value is -3.01. The molecule has 1 aliphatic rings. The second-order valence-electron chi connectivity index (χ2n) is 6.93. The topological polar surface area (TPSA) is 88.2 Å². The Bertz CT molecular complexity index is 1020. The Balaban J connectivity index is 1.87. The third-order valence-electron chi connectivity index (χ3n) is 5.19. The number of nitrogens with two attached hydrogens (primary N) is 1. The van der Waals surface area contributed by atoms with Crippen molar-refractivity contribution in [1.82, 2.24) is 15.0 Å². The molecule has 0 spiro atoms. The van der Waals surface area contributed by atoms with Crippen LogP contribution in [0.4, 0.5) is 5.82 Å². The van der Waals surface area contributed by atoms with Gasteiger partial charge in [-0.15, -0.1) is 0 Å². The maximum Gasteiger partial charge on any atom is 0.162 e. The number of benzene rings is 1. The molecule has 4 rings (SSSR count). The van der Waals surface area contributed by atoms with Gasteiger partial charge in [-0.25, -0.2) is 9.97 Å². The molecule has 1 aliphatic heterocycles. The Morgan fingerprint density at radius 3 is 2.61 bits per heavy atom. The summed E-state index contributed by atoms with van der Waals surface area (Å²) in [5.41, 5.74) is 8.38. The predicted molar refractivity (Wildman–Crippen MR) is 111 cm³/mol. The van der Waals surface area contributed by atoms with Crippen molar-refractivity contribution >= 4 is 16.7 Å². The van der Waals surface area contributed by atoms with E-state index in [1.807, 2.05) is 30.3 Å². The standard InChI is InChI=1S/C22H23N5O/c23-15-16-8-12-27(13-9-16)22-19-5-1-3-17(4-2-14-28)20(19)25-21(26-22)18-6-10-24-11-7-18/h1,3,5-7,10-11,16,28H,8-9,12-15,23H2. The largest absolute Gasteiger partial charge is 0.384 e. The van der Waals surface area contributed by atoms with E-state index in [1.54, 1.807) is 12.4 Å². The van der Waals surface area contributed by atoms with Gasteiger partial charge in [-0.05, 0) is 49.6 Å². The molecule has 1 fully saturated rings. The van der Waals surface area contributed by atoms with Crippen LogP contribution in [-0.4, -0.2) is 46.3 Å². The van der Waals surface area contributed by atoms with Crippen LogP contribution in [0, 0.1) is 17.8 Å². The van der Waals surface area contributed by atoms with E-state index >= 15 is 0 Å². The first-order valence-electron chi connectivity index (χ1n) is 9.56. The molecule has 0 radical (unpaired) electrons. The van der Waals surface area contributed by atoms with Gasteiger partial charge < -0.3 is 15.7 Å². The van der Waals surface area contributed by atoms with Crippen molar-refractivity contribution in [1.29, 1.82) is 0 Å². The summed E-state index contributed by atoms with van der Waals surface area (Å²) in [5, 5.41) is 10.1. The highest BCUT2D eigenvalue weighted by Gasteiger charge is 2.22. The molecule has 3 aromatic rings. The van der Waals surface area contributed by atoms with E-state index < -0.39 is 0 Å². The van der Waals surface area contributed by atoms with Crippen molar-refractivity contribution in [3.05, 3.63) is 48.3 Å². The third-order valence-corrected chi connectivity index (χ3v) is 5.19. The minimum atomic E-state index is -0.182. The molecule has 0 atom stereocenters. The van der Waals surface area contributed by atoms with Crippen molar-refractivity contribution in [3.63, 3.8) is 0 Å². The van der Waals surface area contributed by atoms with Gasteiger partial charge >= 0.3 is 0 Å². The van der Waals surface area contributed by atoms with Gasteiger partial charge in [0.15, 0.2) is 5.82 Å². The molecule has 0 bridgehead atoms. The molecule has 0 saturated carbocycles. The molecule has 1 saturated heterocycles. The van der Waals surface area contributed by atoms with Gasteiger partial charge in [-0.2, -0.15) is 0 Å². The first kappa shape index (κ1) is 18.4. The fourth-order valence-electron chi connectivity index (χ4n) is 3.62. The van der Waals surface area contributed by atoms with Crippen LogP contribution >= 0.6 is 0 Å². The molecule has 6 nitrogen and oxygen atoms in total. The number of fused-ring (bicyclic) bond motifs is 1. The maximum atomic E-state index is 9.11. The molecule has 1 aromatic carbocycles. The first-order valence-corrected chi connectivity index (χ1v) is 9.56. The lowest BCUT2D eigenvalue weighted by Gasteiger charge is -2.33. The van der Waals surface area contributed by atoms with Gasteiger partial charge in [0.1, 0.15) is 12.4 Å². The fourth-order valence-corrected chi connectivity index (χ4v) is 3.62. The van der Waals surface area contributed by atoms with Crippen LogP contribution in [0.1, 0.15) is 18.4 Å². The molecule has 6 heteroatoms. The summed E-state index contributed by atoms with van der Waals surface area (Å²) in [7, 11) is 0. The van der Waals surface area contributed by atoms with Crippen molar-refractivity contribution in [2.45, 2.75) is 12.8 Å². The Labute approximate surface area is 164 Å². The number of pyridine rings is 1. The summed E-state index contributed by atoms with van der Waals surface area (Å²) in [5.74, 6) is 7.93. The van der Waals surface area contributed by atoms with Crippen LogP contribution in [0.2, 0.25) is 0 Å². The lowest BCUT2D eigenvalue weighted by molar-refractivity contribution is 0.350. The smallest absolute Gasteiger partial charge is 0.162 e. The second kappa shape index (κ2) is 8.34. The number of para-hydroxylation sites is 1.